The van der Waals surface area contributed by atoms with Crippen LogP contribution in [0.1, 0.15) is 5.82 Å². The Kier molecular flexibility index (Phi) is 6.20. The van der Waals surface area contributed by atoms with E-state index in [2.05, 4.69) is 10.1 Å². The van der Waals surface area contributed by atoms with Crippen LogP contribution in [-0.4, -0.2) is 21.7 Å². The van der Waals surface area contributed by atoms with Gasteiger partial charge in [-0.3, -0.25) is 4.68 Å². The Bertz CT molecular complexity index is 590. The van der Waals surface area contributed by atoms with E-state index >= 15 is 0 Å². The van der Waals surface area contributed by atoms with Crippen LogP contribution in [-0.2, 0) is 13.7 Å². The van der Waals surface area contributed by atoms with Crippen molar-refractivity contribution in [1.82, 2.24) is 14.8 Å². The normalized spacial score (nSPS) is 11.1. The number of benzene rings is 1. The van der Waals surface area contributed by atoms with Crippen molar-refractivity contribution in [2.45, 2.75) is 6.61 Å². The summed E-state index contributed by atoms with van der Waals surface area (Å²) in [6, 6.07) is 2.45. The minimum atomic E-state index is -5.36. The predicted octanol–water partition coefficient (Wildman–Crippen LogP) is -1.41. The molecule has 2 aromatic rings. The van der Waals surface area contributed by atoms with Gasteiger partial charge in [-0.05, 0) is 6.07 Å². The molecule has 0 atom stereocenters. The topological polar surface area (TPSA) is 39.9 Å². The van der Waals surface area contributed by atoms with Crippen LogP contribution in [0, 0.1) is 5.82 Å². The van der Waals surface area contributed by atoms with E-state index in [1.807, 2.05) is 0 Å². The Balaban J connectivity index is 0.00000200. The van der Waals surface area contributed by atoms with E-state index in [4.69, 9.17) is 4.74 Å². The minimum absolute atomic E-state index is 0. The van der Waals surface area contributed by atoms with Crippen LogP contribution >= 0.6 is 0 Å². The van der Waals surface area contributed by atoms with Crippen LogP contribution in [0.2, 0.25) is 0 Å². The number of halogens is 4. The maximum absolute atomic E-state index is 13.3. The Labute approximate surface area is 155 Å². The van der Waals surface area contributed by atoms with Gasteiger partial charge in [0.05, 0.1) is 5.82 Å². The SMILES string of the molecule is Cn1ncnc1COc1ccc([B-](F)(F)F)c(F)c1.[K+]. The maximum atomic E-state index is 13.3. The first-order chi connectivity index (χ1) is 8.88. The van der Waals surface area contributed by atoms with Crippen molar-refractivity contribution in [2.24, 2.45) is 7.05 Å². The summed E-state index contributed by atoms with van der Waals surface area (Å²) in [6.07, 6.45) is 1.31. The van der Waals surface area contributed by atoms with Gasteiger partial charge >= 0.3 is 58.4 Å². The van der Waals surface area contributed by atoms with Gasteiger partial charge in [0.15, 0.2) is 5.82 Å². The zero-order valence-electron chi connectivity index (χ0n) is 10.9. The number of aryl methyl sites for hydroxylation is 1. The number of hydrogen-bond donors (Lipinski definition) is 0. The summed E-state index contributed by atoms with van der Waals surface area (Å²) < 4.78 is 57.1. The fourth-order valence-corrected chi connectivity index (χ4v) is 1.46. The molecule has 0 unspecified atom stereocenters. The second kappa shape index (κ2) is 7.03. The van der Waals surface area contributed by atoms with E-state index in [0.29, 0.717) is 18.0 Å². The van der Waals surface area contributed by atoms with Gasteiger partial charge < -0.3 is 17.7 Å². The second-order valence-electron chi connectivity index (χ2n) is 3.85. The third-order valence-electron chi connectivity index (χ3n) is 2.50. The van der Waals surface area contributed by atoms with Crippen molar-refractivity contribution in [3.63, 3.8) is 0 Å². The van der Waals surface area contributed by atoms with Gasteiger partial charge in [-0.15, -0.1) is 0 Å². The third-order valence-corrected chi connectivity index (χ3v) is 2.50. The number of ether oxygens (including phenoxy) is 1. The molecule has 10 heteroatoms. The van der Waals surface area contributed by atoms with Crippen LogP contribution in [0.3, 0.4) is 0 Å². The maximum Gasteiger partial charge on any atom is 1.00 e. The average molecular weight is 313 g/mol. The summed E-state index contributed by atoms with van der Waals surface area (Å²) in [6.45, 7) is -5.37. The van der Waals surface area contributed by atoms with E-state index in [1.54, 1.807) is 7.05 Å². The first-order valence-electron chi connectivity index (χ1n) is 5.33. The Hall–Kier alpha value is -0.419. The molecule has 0 aliphatic heterocycles. The summed E-state index contributed by atoms with van der Waals surface area (Å²) in [5, 5.41) is 3.80. The van der Waals surface area contributed by atoms with Crippen molar-refractivity contribution in [2.75, 3.05) is 0 Å². The number of nitrogens with zero attached hydrogens (tertiary/aromatic N) is 3. The smallest absolute Gasteiger partial charge is 0.486 e. The third kappa shape index (κ3) is 4.29. The largest absolute Gasteiger partial charge is 1.00 e. The molecule has 0 saturated heterocycles. The molecule has 1 aromatic carbocycles. The zero-order valence-corrected chi connectivity index (χ0v) is 14.0. The van der Waals surface area contributed by atoms with Crippen molar-refractivity contribution in [1.29, 1.82) is 0 Å². The molecule has 0 bridgehead atoms. The van der Waals surface area contributed by atoms with Crippen molar-refractivity contribution >= 4 is 12.4 Å². The first-order valence-corrected chi connectivity index (χ1v) is 5.33. The van der Waals surface area contributed by atoms with Crippen LogP contribution < -0.4 is 61.6 Å². The van der Waals surface area contributed by atoms with Gasteiger partial charge in [0.1, 0.15) is 18.7 Å². The van der Waals surface area contributed by atoms with Gasteiger partial charge in [0, 0.05) is 13.1 Å². The van der Waals surface area contributed by atoms with Gasteiger partial charge in [-0.1, -0.05) is 11.5 Å². The summed E-state index contributed by atoms with van der Waals surface area (Å²) in [5.74, 6) is -0.864. The Morgan fingerprint density at radius 3 is 2.50 bits per heavy atom. The van der Waals surface area contributed by atoms with Gasteiger partial charge in [-0.2, -0.15) is 5.10 Å². The van der Waals surface area contributed by atoms with Crippen molar-refractivity contribution in [3.05, 3.63) is 36.2 Å². The summed E-state index contributed by atoms with van der Waals surface area (Å²) >= 11 is 0. The second-order valence-corrected chi connectivity index (χ2v) is 3.85. The van der Waals surface area contributed by atoms with Gasteiger partial charge in [0.25, 0.3) is 0 Å². The molecule has 0 aliphatic carbocycles. The minimum Gasteiger partial charge on any atom is -0.486 e. The van der Waals surface area contributed by atoms with Crippen molar-refractivity contribution in [3.8, 4) is 5.75 Å². The van der Waals surface area contributed by atoms with Crippen LogP contribution in [0.15, 0.2) is 24.5 Å². The molecule has 0 aliphatic rings. The average Bonchev–Trinajstić information content (AvgIpc) is 2.70. The molecule has 0 saturated carbocycles. The Morgan fingerprint density at radius 2 is 2.00 bits per heavy atom. The number of aromatic nitrogens is 3. The number of rotatable bonds is 4. The molecule has 0 N–H and O–H groups in total. The molecule has 1 aromatic heterocycles. The molecule has 2 rings (SSSR count). The molecule has 0 fully saturated rings. The molecular formula is C10H9BF4KN3O. The van der Waals surface area contributed by atoms with Crippen molar-refractivity contribution < 1.29 is 73.5 Å². The summed E-state index contributed by atoms with van der Waals surface area (Å²) in [7, 11) is 1.64. The monoisotopic (exact) mass is 313 g/mol. The molecule has 102 valence electrons. The van der Waals surface area contributed by atoms with Crippen LogP contribution in [0.4, 0.5) is 17.3 Å². The predicted molar refractivity (Wildman–Crippen MR) is 60.4 cm³/mol. The van der Waals surface area contributed by atoms with Gasteiger partial charge in [-0.25, -0.2) is 9.37 Å². The molecule has 20 heavy (non-hydrogen) atoms. The van der Waals surface area contributed by atoms with E-state index in [-0.39, 0.29) is 63.7 Å². The fourth-order valence-electron chi connectivity index (χ4n) is 1.46. The van der Waals surface area contributed by atoms with E-state index in [1.165, 1.54) is 11.0 Å². The van der Waals surface area contributed by atoms with Crippen LogP contribution in [0.25, 0.3) is 0 Å². The molecule has 0 radical (unpaired) electrons. The van der Waals surface area contributed by atoms with E-state index < -0.39 is 18.3 Å². The quantitative estimate of drug-likeness (QED) is 0.514. The van der Waals surface area contributed by atoms with Crippen LogP contribution in [0.5, 0.6) is 5.75 Å². The first kappa shape index (κ1) is 17.6. The molecule has 0 amide bonds. The van der Waals surface area contributed by atoms with E-state index in [9.17, 15) is 17.3 Å². The van der Waals surface area contributed by atoms with E-state index in [0.717, 1.165) is 6.07 Å². The molecule has 0 spiro atoms. The summed E-state index contributed by atoms with van der Waals surface area (Å²) in [5.41, 5.74) is -1.26. The fraction of sp³-hybridized carbons (Fsp3) is 0.200. The molecule has 4 nitrogen and oxygen atoms in total. The number of hydrogen-bond acceptors (Lipinski definition) is 3. The Morgan fingerprint density at radius 1 is 1.30 bits per heavy atom. The standard InChI is InChI=1S/C10H9BF4N3O.K/c1-18-10(16-6-17-18)5-19-7-2-3-8(9(12)4-7)11(13,14)15;/h2-4,6H,5H2,1H3;/q-1;+1. The molecular weight excluding hydrogens is 304 g/mol. The van der Waals surface area contributed by atoms with Gasteiger partial charge in [0.2, 0.25) is 0 Å². The zero-order chi connectivity index (χ0) is 14.0. The summed E-state index contributed by atoms with van der Waals surface area (Å²) in [4.78, 5) is 3.87. The molecule has 1 heterocycles.